The number of rotatable bonds is 1. The van der Waals surface area contributed by atoms with E-state index >= 15 is 0 Å². The summed E-state index contributed by atoms with van der Waals surface area (Å²) in [4.78, 5) is 17.4. The summed E-state index contributed by atoms with van der Waals surface area (Å²) in [5, 5.41) is 0. The van der Waals surface area contributed by atoms with Crippen molar-refractivity contribution >= 4 is 6.09 Å². The van der Waals surface area contributed by atoms with Crippen LogP contribution in [0.25, 0.3) is 0 Å². The lowest BCUT2D eigenvalue weighted by Gasteiger charge is -2.31. The average Bonchev–Trinajstić information content (AvgIpc) is 2.66. The van der Waals surface area contributed by atoms with E-state index in [0.29, 0.717) is 25.4 Å². The Balaban J connectivity index is 2.33. The molecule has 0 aliphatic carbocycles. The molecule has 0 bridgehead atoms. The predicted octanol–water partition coefficient (Wildman–Crippen LogP) is 0.607. The second-order valence-electron chi connectivity index (χ2n) is 3.71. The summed E-state index contributed by atoms with van der Waals surface area (Å²) in [7, 11) is 1.36. The van der Waals surface area contributed by atoms with E-state index in [0.717, 1.165) is 11.5 Å². The molecule has 1 aliphatic rings. The number of ether oxygens (including phenoxy) is 1. The second kappa shape index (κ2) is 4.13. The molecular weight excluding hydrogens is 210 g/mol. The molecule has 1 amide bonds. The van der Waals surface area contributed by atoms with Gasteiger partial charge in [-0.25, -0.2) is 9.78 Å². The predicted molar refractivity (Wildman–Crippen MR) is 55.9 cm³/mol. The van der Waals surface area contributed by atoms with Crippen LogP contribution < -0.4 is 5.73 Å². The smallest absolute Gasteiger partial charge is 0.410 e. The Kier molecular flexibility index (Phi) is 2.82. The minimum absolute atomic E-state index is 0.242. The molecule has 1 unspecified atom stereocenters. The molecule has 1 atom stereocenters. The van der Waals surface area contributed by atoms with Crippen molar-refractivity contribution in [3.63, 3.8) is 0 Å². The number of hydrogen-bond donors (Lipinski definition) is 1. The van der Waals surface area contributed by atoms with Gasteiger partial charge in [-0.1, -0.05) is 0 Å². The highest BCUT2D eigenvalue weighted by molar-refractivity contribution is 5.68. The summed E-state index contributed by atoms with van der Waals surface area (Å²) < 4.78 is 10.2. The number of aromatic nitrogens is 1. The van der Waals surface area contributed by atoms with Gasteiger partial charge in [0.2, 0.25) is 0 Å². The fourth-order valence-corrected chi connectivity index (χ4v) is 2.02. The van der Waals surface area contributed by atoms with Gasteiger partial charge in [0.1, 0.15) is 11.5 Å². The maximum atomic E-state index is 11.5. The molecule has 2 heterocycles. The number of nitrogens with zero attached hydrogens (tertiary/aromatic N) is 2. The minimum Gasteiger partial charge on any atom is -0.453 e. The molecule has 2 N–H and O–H groups in total. The molecular formula is C10H15N3O3. The van der Waals surface area contributed by atoms with Crippen molar-refractivity contribution in [2.24, 2.45) is 5.73 Å². The molecule has 1 aliphatic heterocycles. The van der Waals surface area contributed by atoms with E-state index in [1.165, 1.54) is 7.11 Å². The van der Waals surface area contributed by atoms with Crippen molar-refractivity contribution in [1.29, 1.82) is 0 Å². The zero-order valence-electron chi connectivity index (χ0n) is 9.40. The molecule has 0 fully saturated rings. The van der Waals surface area contributed by atoms with Gasteiger partial charge in [0.05, 0.1) is 13.2 Å². The maximum Gasteiger partial charge on any atom is 0.410 e. The Labute approximate surface area is 93.4 Å². The average molecular weight is 225 g/mol. The molecule has 2 rings (SSSR count). The van der Waals surface area contributed by atoms with E-state index in [4.69, 9.17) is 14.9 Å². The van der Waals surface area contributed by atoms with Crippen molar-refractivity contribution in [1.82, 2.24) is 9.88 Å². The van der Waals surface area contributed by atoms with Gasteiger partial charge in [-0.3, -0.25) is 4.90 Å². The topological polar surface area (TPSA) is 81.6 Å². The molecule has 1 aromatic heterocycles. The van der Waals surface area contributed by atoms with Crippen molar-refractivity contribution in [3.05, 3.63) is 17.3 Å². The fraction of sp³-hybridized carbons (Fsp3) is 0.600. The summed E-state index contributed by atoms with van der Waals surface area (Å²) >= 11 is 0. The number of oxazole rings is 1. The van der Waals surface area contributed by atoms with Crippen LogP contribution in [0.5, 0.6) is 0 Å². The van der Waals surface area contributed by atoms with Crippen LogP contribution >= 0.6 is 0 Å². The van der Waals surface area contributed by atoms with Crippen LogP contribution in [0.1, 0.15) is 23.4 Å². The number of aryl methyl sites for hydroxylation is 1. The third-order valence-electron chi connectivity index (χ3n) is 2.74. The Morgan fingerprint density at radius 1 is 1.75 bits per heavy atom. The van der Waals surface area contributed by atoms with Gasteiger partial charge >= 0.3 is 6.09 Å². The molecule has 0 saturated carbocycles. The van der Waals surface area contributed by atoms with Gasteiger partial charge in [0, 0.05) is 26.4 Å². The van der Waals surface area contributed by atoms with Gasteiger partial charge in [0.15, 0.2) is 5.89 Å². The van der Waals surface area contributed by atoms with Gasteiger partial charge in [0.25, 0.3) is 0 Å². The standard InChI is InChI=1S/C10H15N3O3/c1-6-12-9-7(5-11)13(10(14)15-2)4-3-8(9)16-6/h7H,3-5,11H2,1-2H3. The first-order valence-corrected chi connectivity index (χ1v) is 5.18. The van der Waals surface area contributed by atoms with Gasteiger partial charge in [-0.15, -0.1) is 0 Å². The highest BCUT2D eigenvalue weighted by Crippen LogP contribution is 2.29. The van der Waals surface area contributed by atoms with Crippen LogP contribution in [0.4, 0.5) is 4.79 Å². The van der Waals surface area contributed by atoms with Gasteiger partial charge < -0.3 is 14.9 Å². The number of carbonyl (C=O) groups is 1. The van der Waals surface area contributed by atoms with Crippen LogP contribution in [0.2, 0.25) is 0 Å². The number of methoxy groups -OCH3 is 1. The zero-order valence-corrected chi connectivity index (χ0v) is 9.40. The van der Waals surface area contributed by atoms with Crippen molar-refractivity contribution in [3.8, 4) is 0 Å². The molecule has 0 radical (unpaired) electrons. The quantitative estimate of drug-likeness (QED) is 0.757. The van der Waals surface area contributed by atoms with Crippen LogP contribution in [-0.4, -0.2) is 36.2 Å². The van der Waals surface area contributed by atoms with Crippen molar-refractivity contribution in [2.75, 3.05) is 20.2 Å². The number of carbonyl (C=O) groups excluding carboxylic acids is 1. The molecule has 6 nitrogen and oxygen atoms in total. The number of amides is 1. The van der Waals surface area contributed by atoms with Gasteiger partial charge in [-0.2, -0.15) is 0 Å². The first kappa shape index (κ1) is 10.9. The molecule has 0 spiro atoms. The first-order chi connectivity index (χ1) is 7.67. The van der Waals surface area contributed by atoms with E-state index in [1.54, 1.807) is 11.8 Å². The SMILES string of the molecule is COC(=O)N1CCc2oc(C)nc2C1CN. The minimum atomic E-state index is -0.373. The first-order valence-electron chi connectivity index (χ1n) is 5.18. The normalized spacial score (nSPS) is 19.4. The third kappa shape index (κ3) is 1.65. The van der Waals surface area contributed by atoms with Crippen molar-refractivity contribution < 1.29 is 13.9 Å². The number of nitrogens with two attached hydrogens (primary N) is 1. The molecule has 0 saturated heterocycles. The lowest BCUT2D eigenvalue weighted by Crippen LogP contribution is -2.43. The summed E-state index contributed by atoms with van der Waals surface area (Å²) in [5.74, 6) is 1.43. The van der Waals surface area contributed by atoms with Crippen LogP contribution in [0.3, 0.4) is 0 Å². The Morgan fingerprint density at radius 3 is 3.12 bits per heavy atom. The molecule has 6 heteroatoms. The Hall–Kier alpha value is -1.56. The maximum absolute atomic E-state index is 11.5. The van der Waals surface area contributed by atoms with E-state index in [1.807, 2.05) is 0 Å². The van der Waals surface area contributed by atoms with Crippen LogP contribution in [0.15, 0.2) is 4.42 Å². The van der Waals surface area contributed by atoms with Crippen LogP contribution in [-0.2, 0) is 11.2 Å². The van der Waals surface area contributed by atoms with Crippen molar-refractivity contribution in [2.45, 2.75) is 19.4 Å². The summed E-state index contributed by atoms with van der Waals surface area (Å²) in [6.07, 6.45) is 0.281. The lowest BCUT2D eigenvalue weighted by molar-refractivity contribution is 0.0997. The fourth-order valence-electron chi connectivity index (χ4n) is 2.02. The zero-order chi connectivity index (χ0) is 11.7. The third-order valence-corrected chi connectivity index (χ3v) is 2.74. The Morgan fingerprint density at radius 2 is 2.50 bits per heavy atom. The van der Waals surface area contributed by atoms with Gasteiger partial charge in [-0.05, 0) is 0 Å². The number of hydrogen-bond acceptors (Lipinski definition) is 5. The highest BCUT2D eigenvalue weighted by atomic mass is 16.5. The summed E-state index contributed by atoms with van der Waals surface area (Å²) in [6, 6.07) is -0.242. The highest BCUT2D eigenvalue weighted by Gasteiger charge is 2.34. The monoisotopic (exact) mass is 225 g/mol. The summed E-state index contributed by atoms with van der Waals surface area (Å²) in [5.41, 5.74) is 6.44. The summed E-state index contributed by atoms with van der Waals surface area (Å²) in [6.45, 7) is 2.65. The van der Waals surface area contributed by atoms with E-state index in [9.17, 15) is 4.79 Å². The molecule has 0 aromatic carbocycles. The Bertz CT molecular complexity index is 402. The molecule has 1 aromatic rings. The lowest BCUT2D eigenvalue weighted by atomic mass is 10.0. The van der Waals surface area contributed by atoms with E-state index in [2.05, 4.69) is 4.98 Å². The van der Waals surface area contributed by atoms with E-state index in [-0.39, 0.29) is 12.1 Å². The van der Waals surface area contributed by atoms with Crippen LogP contribution in [0, 0.1) is 6.92 Å². The molecule has 16 heavy (non-hydrogen) atoms. The number of fused-ring (bicyclic) bond motifs is 1. The second-order valence-corrected chi connectivity index (χ2v) is 3.71. The van der Waals surface area contributed by atoms with E-state index < -0.39 is 0 Å². The largest absolute Gasteiger partial charge is 0.453 e. The molecule has 88 valence electrons.